The Hall–Kier alpha value is -2.73. The van der Waals surface area contributed by atoms with E-state index in [9.17, 15) is 38.7 Å². The Morgan fingerprint density at radius 2 is 1.84 bits per heavy atom. The van der Waals surface area contributed by atoms with Crippen LogP contribution in [0.15, 0.2) is 48.1 Å². The number of halogens is 1. The third-order valence-electron chi connectivity index (χ3n) is 13.2. The van der Waals surface area contributed by atoms with Crippen LogP contribution in [0.25, 0.3) is 0 Å². The molecule has 0 aromatic heterocycles. The quantitative estimate of drug-likeness (QED) is 0.0918. The van der Waals surface area contributed by atoms with Crippen molar-refractivity contribution < 1.29 is 65.9 Å². The number of alkyl halides is 1. The number of ketones is 2. The van der Waals surface area contributed by atoms with Crippen molar-refractivity contribution in [3.63, 3.8) is 0 Å². The van der Waals surface area contributed by atoms with Crippen molar-refractivity contribution in [1.82, 2.24) is 0 Å². The van der Waals surface area contributed by atoms with Gasteiger partial charge < -0.3 is 34.4 Å². The number of benzene rings is 1. The van der Waals surface area contributed by atoms with Gasteiger partial charge in [0.15, 0.2) is 23.5 Å². The predicted octanol–water partition coefficient (Wildman–Crippen LogP) is 5.71. The number of hydrogen-bond donors (Lipinski definition) is 5. The van der Waals surface area contributed by atoms with Crippen molar-refractivity contribution in [2.45, 2.75) is 114 Å². The Bertz CT molecular complexity index is 1950. The van der Waals surface area contributed by atoms with Gasteiger partial charge in [0.05, 0.1) is 12.7 Å². The Labute approximate surface area is 325 Å². The molecule has 306 valence electrons. The normalized spacial score (nSPS) is 40.8. The molecule has 0 amide bonds. The van der Waals surface area contributed by atoms with Crippen LogP contribution >= 0.6 is 15.6 Å². The summed E-state index contributed by atoms with van der Waals surface area (Å²) in [5.41, 5.74) is -5.88. The molecule has 1 aromatic carbocycles. The molecule has 14 nitrogen and oxygen atoms in total. The zero-order valence-electron chi connectivity index (χ0n) is 31.6. The maximum Gasteiger partial charge on any atom is 0.536 e. The maximum atomic E-state index is 17.4. The summed E-state index contributed by atoms with van der Waals surface area (Å²) < 4.78 is 68.9. The van der Waals surface area contributed by atoms with E-state index in [1.165, 1.54) is 42.5 Å². The number of carbonyl (C=O) groups excluding carboxylic acids is 2. The summed E-state index contributed by atoms with van der Waals surface area (Å²) in [5.74, 6) is 2.68. The first-order valence-electron chi connectivity index (χ1n) is 19.2. The van der Waals surface area contributed by atoms with Crippen LogP contribution in [0.5, 0.6) is 5.75 Å². The Balaban J connectivity index is 0.929. The molecule has 1 aliphatic heterocycles. The molecule has 1 aromatic rings. The lowest BCUT2D eigenvalue weighted by Crippen LogP contribution is -2.69. The molecule has 13 atom stereocenters. The number of aliphatic hydroxyl groups excluding tert-OH is 1. The van der Waals surface area contributed by atoms with Gasteiger partial charge in [-0.1, -0.05) is 37.8 Å². The van der Waals surface area contributed by atoms with E-state index in [0.717, 1.165) is 32.1 Å². The lowest BCUT2D eigenvalue weighted by Gasteiger charge is -2.62. The van der Waals surface area contributed by atoms with Crippen LogP contribution < -0.4 is 9.84 Å². The van der Waals surface area contributed by atoms with Crippen LogP contribution in [-0.2, 0) is 37.0 Å². The minimum Gasteiger partial charge on any atom is -0.404 e. The first-order valence-corrected chi connectivity index (χ1v) is 22.2. The highest BCUT2D eigenvalue weighted by Gasteiger charge is 2.75. The second kappa shape index (κ2) is 15.1. The van der Waals surface area contributed by atoms with Gasteiger partial charge in [0, 0.05) is 28.9 Å². The highest BCUT2D eigenvalue weighted by molar-refractivity contribution is 7.61. The van der Waals surface area contributed by atoms with Crippen molar-refractivity contribution in [3.8, 4) is 17.6 Å². The molecule has 5 unspecified atom stereocenters. The molecule has 6 aliphatic rings. The second-order valence-corrected chi connectivity index (χ2v) is 19.4. The van der Waals surface area contributed by atoms with Crippen molar-refractivity contribution >= 4 is 32.9 Å². The number of nitrogens with one attached hydrogen (secondary N) is 1. The fourth-order valence-electron chi connectivity index (χ4n) is 10.2. The molecule has 0 bridgehead atoms. The molecule has 1 saturated heterocycles. The van der Waals surface area contributed by atoms with Gasteiger partial charge in [0.1, 0.15) is 30.2 Å². The summed E-state index contributed by atoms with van der Waals surface area (Å²) in [6.45, 7) is 4.04. The average molecular weight is 822 g/mol. The van der Waals surface area contributed by atoms with E-state index in [1.54, 1.807) is 20.8 Å². The van der Waals surface area contributed by atoms with Gasteiger partial charge in [0.2, 0.25) is 0 Å². The average Bonchev–Trinajstić information content (AvgIpc) is 3.82. The number of epoxide rings is 1. The van der Waals surface area contributed by atoms with E-state index in [2.05, 4.69) is 21.5 Å². The van der Waals surface area contributed by atoms with E-state index in [4.69, 9.17) is 18.5 Å². The molecule has 0 spiro atoms. The summed E-state index contributed by atoms with van der Waals surface area (Å²) in [6.07, 6.45) is 7.64. The van der Waals surface area contributed by atoms with Crippen molar-refractivity contribution in [3.05, 3.63) is 48.1 Å². The Morgan fingerprint density at radius 1 is 1.09 bits per heavy atom. The van der Waals surface area contributed by atoms with E-state index in [-0.39, 0.29) is 49.2 Å². The second-order valence-electron chi connectivity index (χ2n) is 16.5. The van der Waals surface area contributed by atoms with E-state index < -0.39 is 74.0 Å². The van der Waals surface area contributed by atoms with Crippen molar-refractivity contribution in [2.24, 2.45) is 28.6 Å². The monoisotopic (exact) mass is 821 g/mol. The van der Waals surface area contributed by atoms with Crippen LogP contribution in [0, 0.1) is 40.4 Å². The first kappa shape index (κ1) is 41.4. The number of Topliss-reactive ketones (excluding diaryl/α,β-unsaturated/α-hetero) is 1. The van der Waals surface area contributed by atoms with Gasteiger partial charge in [-0.2, -0.15) is 4.31 Å². The van der Waals surface area contributed by atoms with Crippen LogP contribution in [-0.4, -0.2) is 80.6 Å². The summed E-state index contributed by atoms with van der Waals surface area (Å²) in [7, 11) is -10.8. The van der Waals surface area contributed by atoms with Crippen LogP contribution in [0.1, 0.15) is 78.6 Å². The molecule has 17 heteroatoms. The largest absolute Gasteiger partial charge is 0.536 e. The fraction of sp³-hybridized carbons (Fsp3) is 0.641. The molecule has 4 fully saturated rings. The maximum absolute atomic E-state index is 17.4. The molecule has 7 rings (SSSR count). The first-order chi connectivity index (χ1) is 26.3. The summed E-state index contributed by atoms with van der Waals surface area (Å²) >= 11 is 0. The minimum absolute atomic E-state index is 0.115. The summed E-state index contributed by atoms with van der Waals surface area (Å²) in [4.78, 5) is 46.6. The summed E-state index contributed by atoms with van der Waals surface area (Å²) in [6, 6.07) is 5.72. The third-order valence-corrected chi connectivity index (χ3v) is 15.7. The Morgan fingerprint density at radius 3 is 2.59 bits per heavy atom. The van der Waals surface area contributed by atoms with Gasteiger partial charge in [-0.3, -0.25) is 19.0 Å². The van der Waals surface area contributed by atoms with Gasteiger partial charge in [0.25, 0.3) is 0 Å². The van der Waals surface area contributed by atoms with E-state index in [1.807, 2.05) is 0 Å². The Kier molecular flexibility index (Phi) is 11.2. The molecule has 0 radical (unpaired) electrons. The molecular weight excluding hydrogens is 771 g/mol. The van der Waals surface area contributed by atoms with Gasteiger partial charge in [-0.15, -0.1) is 5.92 Å². The zero-order valence-corrected chi connectivity index (χ0v) is 33.4. The highest BCUT2D eigenvalue weighted by atomic mass is 31.3. The molecule has 3 saturated carbocycles. The SMILES string of the molecule is C[C@@H]1C[C@H]2[C@@H]3CCC4=CC(=O)C=C[C@]4(C)[C@@]3(F)[C@@H](O)C[C@]2(C)[C@@]1(O)C(=O)COP(=O)(O)OP(=O)(O)Oc1ccc(NC2OC2COC2C#CCCCCC2)cc1. The summed E-state index contributed by atoms with van der Waals surface area (Å²) in [5, 5.41) is 26.8. The highest BCUT2D eigenvalue weighted by Crippen LogP contribution is 2.71. The number of phosphoric acid groups is 2. The van der Waals surface area contributed by atoms with Crippen LogP contribution in [0.2, 0.25) is 0 Å². The fourth-order valence-corrected chi connectivity index (χ4v) is 12.2. The number of aliphatic hydroxyl groups is 2. The minimum atomic E-state index is -5.45. The number of anilines is 1. The zero-order chi connectivity index (χ0) is 40.3. The topological polar surface area (TPSA) is 211 Å². The van der Waals surface area contributed by atoms with Gasteiger partial charge >= 0.3 is 15.6 Å². The molecule has 56 heavy (non-hydrogen) atoms. The lowest BCUT2D eigenvalue weighted by atomic mass is 9.44. The van der Waals surface area contributed by atoms with Crippen molar-refractivity contribution in [2.75, 3.05) is 18.5 Å². The van der Waals surface area contributed by atoms with Gasteiger partial charge in [-0.05, 0) is 100 Å². The number of hydrogen-bond acceptors (Lipinski definition) is 12. The number of carbonyl (C=O) groups is 2. The number of fused-ring (bicyclic) bond motifs is 5. The standard InChI is InChI=1S/C39H50FNO13P2/c1-24-19-31-30-16-11-25-20-27(42)17-18-36(25,2)38(30,40)33(43)21-37(31,3)39(24,45)34(44)23-51-55(46,47)54-56(48,49)53-29-14-12-26(13-15-29)41-35-32(52-35)22-50-28-9-7-5-4-6-8-10-28/h12-15,17-18,20,24,28,30-33,35,41,43,45H,4-7,9,11,16,19,21-23H2,1-3H3,(H,46,47)(H,48,49)/t24-,28?,30+,31+,32?,33+,35?,36+,37+,38+,39+/m1/s1. The number of phosphoric ester groups is 2. The third kappa shape index (κ3) is 7.52. The molecular formula is C39H50FNO13P2. The number of rotatable bonds is 13. The van der Waals surface area contributed by atoms with Gasteiger partial charge in [-0.25, -0.2) is 13.5 Å². The lowest BCUT2D eigenvalue weighted by molar-refractivity contribution is -0.219. The molecule has 5 N–H and O–H groups in total. The van der Waals surface area contributed by atoms with E-state index >= 15 is 4.39 Å². The van der Waals surface area contributed by atoms with Crippen LogP contribution in [0.3, 0.4) is 0 Å². The predicted molar refractivity (Wildman–Crippen MR) is 200 cm³/mol. The molecule has 5 aliphatic carbocycles. The number of ether oxygens (including phenoxy) is 2. The van der Waals surface area contributed by atoms with Crippen molar-refractivity contribution in [1.29, 1.82) is 0 Å². The number of allylic oxidation sites excluding steroid dienone is 4. The van der Waals surface area contributed by atoms with Crippen LogP contribution in [0.4, 0.5) is 10.1 Å². The molecule has 1 heterocycles. The smallest absolute Gasteiger partial charge is 0.404 e. The van der Waals surface area contributed by atoms with E-state index in [0.29, 0.717) is 24.3 Å².